The van der Waals surface area contributed by atoms with E-state index >= 15 is 0 Å². The van der Waals surface area contributed by atoms with E-state index in [-0.39, 0.29) is 64.6 Å². The van der Waals surface area contributed by atoms with Gasteiger partial charge in [0.1, 0.15) is 5.52 Å². The number of carboxylic acids is 1. The fraction of sp³-hybridized carbons (Fsp3) is 0.182. The first kappa shape index (κ1) is 27.3. The number of rotatable bonds is 8. The molecule has 0 radical (unpaired) electrons. The number of carbonyl (C=O) groups is 1. The van der Waals surface area contributed by atoms with E-state index in [4.69, 9.17) is 0 Å². The first-order valence-corrected chi connectivity index (χ1v) is 10.0. The zero-order valence-electron chi connectivity index (χ0n) is 17.3. The van der Waals surface area contributed by atoms with Crippen molar-refractivity contribution in [2.45, 2.75) is 29.9 Å². The summed E-state index contributed by atoms with van der Waals surface area (Å²) in [6.45, 7) is 0. The second kappa shape index (κ2) is 12.0. The molecule has 0 aliphatic heterocycles. The number of aromatic nitrogens is 1. The molecule has 1 heterocycles. The van der Waals surface area contributed by atoms with Crippen LogP contribution in [0.25, 0.3) is 28.1 Å². The molecule has 0 amide bonds. The molecule has 2 N–H and O–H groups in total. The van der Waals surface area contributed by atoms with Gasteiger partial charge in [0.05, 0.1) is 24.4 Å². The monoisotopic (exact) mass is 489 g/mol. The Morgan fingerprint density at radius 1 is 1.15 bits per heavy atom. The molecule has 0 spiro atoms. The summed E-state index contributed by atoms with van der Waals surface area (Å²) in [4.78, 5) is 14.7. The largest absolute Gasteiger partial charge is 1.00 e. The molecule has 0 saturated carbocycles. The Bertz CT molecular complexity index is 1180. The maximum absolute atomic E-state index is 14.3. The number of benzene rings is 2. The molecule has 0 unspecified atom stereocenters. The summed E-state index contributed by atoms with van der Waals surface area (Å²) < 4.78 is 54.8. The topological polar surface area (TPSA) is 93.5 Å². The van der Waals surface area contributed by atoms with E-state index in [0.717, 1.165) is 6.07 Å². The number of halogens is 4. The van der Waals surface area contributed by atoms with E-state index in [0.29, 0.717) is 10.5 Å². The van der Waals surface area contributed by atoms with Crippen LogP contribution in [0.2, 0.25) is 0 Å². The number of aliphatic hydroxyl groups is 2. The molecule has 5 nitrogen and oxygen atoms in total. The Morgan fingerprint density at radius 3 is 2.42 bits per heavy atom. The predicted molar refractivity (Wildman–Crippen MR) is 109 cm³/mol. The van der Waals surface area contributed by atoms with E-state index in [9.17, 15) is 37.2 Å². The molecular formula is C22H16F4NNaO4S. The van der Waals surface area contributed by atoms with E-state index in [1.54, 1.807) is 0 Å². The van der Waals surface area contributed by atoms with Crippen LogP contribution in [-0.2, 0) is 4.79 Å². The van der Waals surface area contributed by atoms with Gasteiger partial charge in [-0.1, -0.05) is 24.3 Å². The number of carbonyl (C=O) groups excluding carboxylic acids is 1. The van der Waals surface area contributed by atoms with Crippen LogP contribution in [0.5, 0.6) is 0 Å². The van der Waals surface area contributed by atoms with Crippen molar-refractivity contribution in [3.8, 4) is 11.1 Å². The van der Waals surface area contributed by atoms with Crippen LogP contribution in [0.1, 0.15) is 18.4 Å². The number of hydrogen-bond donors (Lipinski definition) is 2. The zero-order chi connectivity index (χ0) is 23.4. The Kier molecular flexibility index (Phi) is 9.89. The Balaban J connectivity index is 0.00000385. The molecule has 2 atom stereocenters. The summed E-state index contributed by atoms with van der Waals surface area (Å²) in [5.74, 6) is -6.01. The van der Waals surface area contributed by atoms with E-state index in [1.807, 2.05) is 0 Å². The fourth-order valence-corrected chi connectivity index (χ4v) is 3.46. The SMILES string of the molecule is O=C([O-])C[C@H](O)C[C@H](O)/C=C/c1cnc2c(F)c(F)c(F)cc2c1-c1ccc(SF)cc1.[Na+]. The molecule has 0 saturated heterocycles. The number of hydrogen-bond acceptors (Lipinski definition) is 6. The van der Waals surface area contributed by atoms with Crippen LogP contribution in [0, 0.1) is 17.5 Å². The number of carboxylic acid groups (broad SMARTS) is 1. The minimum Gasteiger partial charge on any atom is -0.550 e. The van der Waals surface area contributed by atoms with Crippen LogP contribution < -0.4 is 34.7 Å². The van der Waals surface area contributed by atoms with Crippen molar-refractivity contribution in [3.05, 3.63) is 65.6 Å². The third kappa shape index (κ3) is 6.56. The van der Waals surface area contributed by atoms with E-state index in [2.05, 4.69) is 4.98 Å². The molecule has 11 heteroatoms. The first-order chi connectivity index (χ1) is 15.2. The van der Waals surface area contributed by atoms with Crippen molar-refractivity contribution in [3.63, 3.8) is 0 Å². The van der Waals surface area contributed by atoms with Crippen LogP contribution in [0.3, 0.4) is 0 Å². The number of aliphatic hydroxyl groups excluding tert-OH is 2. The molecule has 0 bridgehead atoms. The summed E-state index contributed by atoms with van der Waals surface area (Å²) >= 11 is 0.0124. The maximum atomic E-state index is 14.3. The predicted octanol–water partition coefficient (Wildman–Crippen LogP) is 0.565. The van der Waals surface area contributed by atoms with Crippen LogP contribution in [0.4, 0.5) is 17.1 Å². The fourth-order valence-electron chi connectivity index (χ4n) is 3.23. The first-order valence-electron chi connectivity index (χ1n) is 9.30. The van der Waals surface area contributed by atoms with Gasteiger partial charge in [0.2, 0.25) is 0 Å². The molecule has 3 rings (SSSR count). The number of nitrogens with zero attached hydrogens (tertiary/aromatic N) is 1. The van der Waals surface area contributed by atoms with Gasteiger partial charge in [-0.25, -0.2) is 13.2 Å². The minimum absolute atomic E-state index is 0. The van der Waals surface area contributed by atoms with Gasteiger partial charge in [-0.2, -0.15) is 3.89 Å². The summed E-state index contributed by atoms with van der Waals surface area (Å²) in [6, 6.07) is 6.70. The van der Waals surface area contributed by atoms with Gasteiger partial charge in [0.15, 0.2) is 17.5 Å². The van der Waals surface area contributed by atoms with Gasteiger partial charge in [-0.3, -0.25) is 4.98 Å². The van der Waals surface area contributed by atoms with Crippen molar-refractivity contribution < 1.29 is 66.7 Å². The number of fused-ring (bicyclic) bond motifs is 1. The van der Waals surface area contributed by atoms with Gasteiger partial charge in [0, 0.05) is 46.4 Å². The molecule has 0 aliphatic rings. The Morgan fingerprint density at radius 2 is 1.82 bits per heavy atom. The standard InChI is InChI=1S/C22H17F4NO4S.Na/c23-17-9-16-19(11-2-5-15(32-26)6-3-11)12(10-27-22(16)21(25)20(17)24)1-4-13(28)7-14(29)8-18(30)31;/h1-6,9-10,13-14,28-29H,7-8H2,(H,30,31);/q;+1/p-1/b4-1+;/t13-,14-;/m1./s1. The second-order valence-corrected chi connectivity index (χ2v) is 7.59. The van der Waals surface area contributed by atoms with Crippen LogP contribution >= 0.6 is 12.1 Å². The van der Waals surface area contributed by atoms with E-state index < -0.39 is 47.6 Å². The molecule has 2 aromatic carbocycles. The second-order valence-electron chi connectivity index (χ2n) is 6.96. The van der Waals surface area contributed by atoms with Crippen molar-refractivity contribution in [2.75, 3.05) is 0 Å². The summed E-state index contributed by atoms with van der Waals surface area (Å²) in [6.07, 6.45) is 0.262. The average Bonchev–Trinajstić information content (AvgIpc) is 2.75. The molecule has 33 heavy (non-hydrogen) atoms. The van der Waals surface area contributed by atoms with Gasteiger partial charge in [-0.05, 0) is 23.8 Å². The third-order valence-corrected chi connectivity index (χ3v) is 5.12. The smallest absolute Gasteiger partial charge is 0.550 e. The molecule has 168 valence electrons. The van der Waals surface area contributed by atoms with E-state index in [1.165, 1.54) is 42.6 Å². The van der Waals surface area contributed by atoms with Crippen molar-refractivity contribution in [1.82, 2.24) is 4.98 Å². The Hall–Kier alpha value is -1.95. The molecular weight excluding hydrogens is 473 g/mol. The van der Waals surface area contributed by atoms with Gasteiger partial charge >= 0.3 is 29.6 Å². The number of aliphatic carboxylic acids is 1. The van der Waals surface area contributed by atoms with Crippen molar-refractivity contribution in [2.24, 2.45) is 0 Å². The molecule has 1 aromatic heterocycles. The zero-order valence-corrected chi connectivity index (χ0v) is 20.1. The van der Waals surface area contributed by atoms with Crippen LogP contribution in [-0.4, -0.2) is 33.4 Å². The average molecular weight is 489 g/mol. The normalized spacial score (nSPS) is 13.2. The Labute approximate surface area is 212 Å². The minimum atomic E-state index is -1.67. The van der Waals surface area contributed by atoms with Crippen molar-refractivity contribution >= 4 is 35.1 Å². The molecule has 0 fully saturated rings. The van der Waals surface area contributed by atoms with Gasteiger partial charge in [0.25, 0.3) is 0 Å². The van der Waals surface area contributed by atoms with Crippen molar-refractivity contribution in [1.29, 1.82) is 0 Å². The van der Waals surface area contributed by atoms with Crippen LogP contribution in [0.15, 0.2) is 47.5 Å². The molecule has 0 aliphatic carbocycles. The number of pyridine rings is 1. The molecule has 3 aromatic rings. The summed E-state index contributed by atoms with van der Waals surface area (Å²) in [5, 5.41) is 30.2. The summed E-state index contributed by atoms with van der Waals surface area (Å²) in [7, 11) is 0. The van der Waals surface area contributed by atoms with Gasteiger partial charge < -0.3 is 20.1 Å². The summed E-state index contributed by atoms with van der Waals surface area (Å²) in [5.41, 5.74) is 0.551. The quantitative estimate of drug-likeness (QED) is 0.273. The third-order valence-electron chi connectivity index (χ3n) is 4.67. The maximum Gasteiger partial charge on any atom is 1.00 e. The van der Waals surface area contributed by atoms with Gasteiger partial charge in [-0.15, -0.1) is 0 Å².